The highest BCUT2D eigenvalue weighted by Crippen LogP contribution is 2.13. The molecule has 0 aliphatic carbocycles. The van der Waals surface area contributed by atoms with Crippen LogP contribution in [0.15, 0.2) is 59.4 Å². The molecule has 1 heterocycles. The third kappa shape index (κ3) is 4.62. The van der Waals surface area contributed by atoms with Crippen LogP contribution < -0.4 is 5.56 Å². The van der Waals surface area contributed by atoms with E-state index in [1.165, 1.54) is 0 Å². The standard InChI is InChI=1S/C21H21N3O4/c1-2-24(13-15-8-4-3-5-9-15)19(25)14-28-20(26)12-18-16-10-6-7-11-17(16)21(27)23-22-18/h3-11H,2,12-14H2,1H3,(H,23,27). The summed E-state index contributed by atoms with van der Waals surface area (Å²) in [5, 5.41) is 7.37. The number of nitrogens with zero attached hydrogens (tertiary/aromatic N) is 2. The summed E-state index contributed by atoms with van der Waals surface area (Å²) in [6.07, 6.45) is -0.130. The SMILES string of the molecule is CCN(Cc1ccccc1)C(=O)COC(=O)Cc1n[nH]c(=O)c2ccccc12. The highest BCUT2D eigenvalue weighted by Gasteiger charge is 2.16. The lowest BCUT2D eigenvalue weighted by atomic mass is 10.1. The minimum absolute atomic E-state index is 0.130. The summed E-state index contributed by atoms with van der Waals surface area (Å²) in [5.74, 6) is -0.840. The van der Waals surface area contributed by atoms with Crippen LogP contribution in [0.4, 0.5) is 0 Å². The van der Waals surface area contributed by atoms with Gasteiger partial charge in [0.05, 0.1) is 17.5 Å². The van der Waals surface area contributed by atoms with Gasteiger partial charge in [-0.25, -0.2) is 5.10 Å². The number of esters is 1. The molecule has 2 aromatic carbocycles. The van der Waals surface area contributed by atoms with Gasteiger partial charge < -0.3 is 9.64 Å². The lowest BCUT2D eigenvalue weighted by Gasteiger charge is -2.20. The normalized spacial score (nSPS) is 10.6. The molecule has 3 rings (SSSR count). The molecule has 0 spiro atoms. The van der Waals surface area contributed by atoms with E-state index in [-0.39, 0.29) is 24.5 Å². The average molecular weight is 379 g/mol. The number of hydrogen-bond donors (Lipinski definition) is 1. The minimum Gasteiger partial charge on any atom is -0.455 e. The number of carbonyl (C=O) groups excluding carboxylic acids is 2. The number of aromatic amines is 1. The molecule has 0 fully saturated rings. The first kappa shape index (κ1) is 19.3. The summed E-state index contributed by atoms with van der Waals surface area (Å²) in [5.41, 5.74) is 1.10. The van der Waals surface area contributed by atoms with Gasteiger partial charge in [0.1, 0.15) is 0 Å². The first-order chi connectivity index (χ1) is 13.6. The summed E-state index contributed by atoms with van der Waals surface area (Å²) in [7, 11) is 0. The molecule has 1 aromatic heterocycles. The van der Waals surface area contributed by atoms with E-state index in [1.807, 2.05) is 37.3 Å². The maximum absolute atomic E-state index is 12.4. The zero-order chi connectivity index (χ0) is 19.9. The van der Waals surface area contributed by atoms with Crippen molar-refractivity contribution in [3.63, 3.8) is 0 Å². The number of H-pyrrole nitrogens is 1. The second-order valence-electron chi connectivity index (χ2n) is 6.28. The third-order valence-corrected chi connectivity index (χ3v) is 4.39. The second-order valence-corrected chi connectivity index (χ2v) is 6.28. The van der Waals surface area contributed by atoms with Crippen molar-refractivity contribution in [2.75, 3.05) is 13.2 Å². The van der Waals surface area contributed by atoms with E-state index in [1.54, 1.807) is 29.2 Å². The number of hydrogen-bond acceptors (Lipinski definition) is 5. The molecule has 0 aliphatic rings. The molecule has 28 heavy (non-hydrogen) atoms. The summed E-state index contributed by atoms with van der Waals surface area (Å²) in [4.78, 5) is 38.0. The molecule has 7 heteroatoms. The van der Waals surface area contributed by atoms with Gasteiger partial charge in [0.25, 0.3) is 11.5 Å². The summed E-state index contributed by atoms with van der Waals surface area (Å²) in [6.45, 7) is 2.51. The molecule has 0 aliphatic heterocycles. The zero-order valence-electron chi connectivity index (χ0n) is 15.6. The lowest BCUT2D eigenvalue weighted by Crippen LogP contribution is -2.34. The number of aromatic nitrogens is 2. The van der Waals surface area contributed by atoms with Gasteiger partial charge in [-0.3, -0.25) is 14.4 Å². The summed E-state index contributed by atoms with van der Waals surface area (Å²) >= 11 is 0. The fraction of sp³-hybridized carbons (Fsp3) is 0.238. The fourth-order valence-corrected chi connectivity index (χ4v) is 2.91. The predicted molar refractivity (Wildman–Crippen MR) is 105 cm³/mol. The molecular formula is C21H21N3O4. The van der Waals surface area contributed by atoms with E-state index < -0.39 is 5.97 Å². The molecule has 0 radical (unpaired) electrons. The number of rotatable bonds is 7. The Morgan fingerprint density at radius 1 is 1.04 bits per heavy atom. The monoisotopic (exact) mass is 379 g/mol. The second kappa shape index (κ2) is 8.94. The van der Waals surface area contributed by atoms with Gasteiger partial charge in [-0.05, 0) is 18.6 Å². The first-order valence-corrected chi connectivity index (χ1v) is 9.02. The number of likely N-dealkylation sites (N-methyl/N-ethyl adjacent to an activating group) is 1. The van der Waals surface area contributed by atoms with E-state index >= 15 is 0 Å². The van der Waals surface area contributed by atoms with Crippen LogP contribution in [0.1, 0.15) is 18.2 Å². The van der Waals surface area contributed by atoms with Gasteiger partial charge in [-0.15, -0.1) is 0 Å². The third-order valence-electron chi connectivity index (χ3n) is 4.39. The number of ether oxygens (including phenoxy) is 1. The van der Waals surface area contributed by atoms with Crippen LogP contribution in [-0.2, 0) is 27.3 Å². The number of nitrogens with one attached hydrogen (secondary N) is 1. The van der Waals surface area contributed by atoms with Crippen molar-refractivity contribution in [3.05, 3.63) is 76.2 Å². The van der Waals surface area contributed by atoms with E-state index in [0.717, 1.165) is 5.56 Å². The van der Waals surface area contributed by atoms with Crippen molar-refractivity contribution in [1.82, 2.24) is 15.1 Å². The maximum Gasteiger partial charge on any atom is 0.312 e. The summed E-state index contributed by atoms with van der Waals surface area (Å²) < 4.78 is 5.15. The van der Waals surface area contributed by atoms with Crippen molar-refractivity contribution < 1.29 is 14.3 Å². The van der Waals surface area contributed by atoms with Crippen LogP contribution in [0.5, 0.6) is 0 Å². The van der Waals surface area contributed by atoms with Gasteiger partial charge in [0, 0.05) is 18.5 Å². The van der Waals surface area contributed by atoms with E-state index in [9.17, 15) is 14.4 Å². The molecule has 144 valence electrons. The van der Waals surface area contributed by atoms with E-state index in [2.05, 4.69) is 10.2 Å². The Morgan fingerprint density at radius 2 is 1.71 bits per heavy atom. The van der Waals surface area contributed by atoms with E-state index in [4.69, 9.17) is 4.74 Å². The van der Waals surface area contributed by atoms with E-state index in [0.29, 0.717) is 29.6 Å². The molecule has 0 bridgehead atoms. The topological polar surface area (TPSA) is 92.4 Å². The van der Waals surface area contributed by atoms with Gasteiger partial charge >= 0.3 is 5.97 Å². The Hall–Kier alpha value is -3.48. The molecule has 0 atom stereocenters. The predicted octanol–water partition coefficient (Wildman–Crippen LogP) is 2.06. The molecule has 0 saturated carbocycles. The molecular weight excluding hydrogens is 358 g/mol. The molecule has 1 N–H and O–H groups in total. The Bertz CT molecular complexity index is 1030. The fourth-order valence-electron chi connectivity index (χ4n) is 2.91. The first-order valence-electron chi connectivity index (χ1n) is 9.02. The van der Waals surface area contributed by atoms with Gasteiger partial charge in [0.2, 0.25) is 0 Å². The van der Waals surface area contributed by atoms with Gasteiger partial charge in [-0.1, -0.05) is 48.5 Å². The zero-order valence-corrected chi connectivity index (χ0v) is 15.6. The van der Waals surface area contributed by atoms with Crippen LogP contribution in [0.3, 0.4) is 0 Å². The average Bonchev–Trinajstić information content (AvgIpc) is 2.73. The molecule has 7 nitrogen and oxygen atoms in total. The van der Waals surface area contributed by atoms with Crippen LogP contribution in [0.25, 0.3) is 10.8 Å². The Labute approximate surface area is 161 Å². The summed E-state index contributed by atoms with van der Waals surface area (Å²) in [6, 6.07) is 16.5. The van der Waals surface area contributed by atoms with Crippen LogP contribution in [0.2, 0.25) is 0 Å². The van der Waals surface area contributed by atoms with Crippen molar-refractivity contribution in [3.8, 4) is 0 Å². The van der Waals surface area contributed by atoms with Crippen molar-refractivity contribution in [2.45, 2.75) is 19.9 Å². The Morgan fingerprint density at radius 3 is 2.43 bits per heavy atom. The quantitative estimate of drug-likeness (QED) is 0.635. The molecule has 0 unspecified atom stereocenters. The highest BCUT2D eigenvalue weighted by molar-refractivity contribution is 5.87. The smallest absolute Gasteiger partial charge is 0.312 e. The van der Waals surface area contributed by atoms with Gasteiger partial charge in [-0.2, -0.15) is 5.10 Å². The largest absolute Gasteiger partial charge is 0.455 e. The Balaban J connectivity index is 1.60. The van der Waals surface area contributed by atoms with Crippen LogP contribution >= 0.6 is 0 Å². The lowest BCUT2D eigenvalue weighted by molar-refractivity contribution is -0.151. The molecule has 3 aromatic rings. The van der Waals surface area contributed by atoms with Crippen molar-refractivity contribution >= 4 is 22.6 Å². The van der Waals surface area contributed by atoms with Crippen molar-refractivity contribution in [1.29, 1.82) is 0 Å². The molecule has 0 saturated heterocycles. The highest BCUT2D eigenvalue weighted by atomic mass is 16.5. The van der Waals surface area contributed by atoms with Crippen LogP contribution in [-0.4, -0.2) is 40.1 Å². The minimum atomic E-state index is -0.575. The number of carbonyl (C=O) groups is 2. The number of fused-ring (bicyclic) bond motifs is 1. The van der Waals surface area contributed by atoms with Crippen LogP contribution in [0, 0.1) is 0 Å². The molecule has 1 amide bonds. The van der Waals surface area contributed by atoms with Crippen molar-refractivity contribution in [2.24, 2.45) is 0 Å². The maximum atomic E-state index is 12.4. The van der Waals surface area contributed by atoms with Gasteiger partial charge in [0.15, 0.2) is 6.61 Å². The number of amides is 1. The Kier molecular flexibility index (Phi) is 6.16. The number of benzene rings is 2.